The number of thioether (sulfide) groups is 1. The monoisotopic (exact) mass is 486 g/mol. The van der Waals surface area contributed by atoms with E-state index in [1.54, 1.807) is 0 Å². The van der Waals surface area contributed by atoms with Crippen molar-refractivity contribution in [2.45, 2.75) is 30.5 Å². The largest absolute Gasteiger partial charge is 0.457 e. The van der Waals surface area contributed by atoms with Gasteiger partial charge in [0.25, 0.3) is 0 Å². The van der Waals surface area contributed by atoms with Crippen LogP contribution < -0.4 is 15.0 Å². The second kappa shape index (κ2) is 9.22. The molecular weight excluding hydrogens is 460 g/mol. The number of nitrogens with one attached hydrogen (secondary N) is 1. The van der Waals surface area contributed by atoms with Crippen LogP contribution in [0.5, 0.6) is 11.5 Å². The van der Waals surface area contributed by atoms with E-state index in [4.69, 9.17) is 14.7 Å². The summed E-state index contributed by atoms with van der Waals surface area (Å²) in [6, 6.07) is 15.4. The van der Waals surface area contributed by atoms with Gasteiger partial charge < -0.3 is 15.0 Å². The number of para-hydroxylation sites is 2. The Morgan fingerprint density at radius 2 is 1.74 bits per heavy atom. The third kappa shape index (κ3) is 3.99. The van der Waals surface area contributed by atoms with Crippen molar-refractivity contribution in [3.8, 4) is 11.5 Å². The summed E-state index contributed by atoms with van der Waals surface area (Å²) in [5.41, 5.74) is 2.56. The molecule has 1 amide bonds. The lowest BCUT2D eigenvalue weighted by atomic mass is 9.87. The van der Waals surface area contributed by atoms with Crippen LogP contribution in [0.1, 0.15) is 29.9 Å². The maximum atomic E-state index is 13.4. The van der Waals surface area contributed by atoms with Crippen molar-refractivity contribution in [3.63, 3.8) is 0 Å². The number of carbonyl (C=O) groups is 1. The van der Waals surface area contributed by atoms with Crippen molar-refractivity contribution in [3.05, 3.63) is 65.9 Å². The van der Waals surface area contributed by atoms with Crippen LogP contribution in [-0.2, 0) is 11.3 Å². The summed E-state index contributed by atoms with van der Waals surface area (Å²) >= 11 is 1.53. The van der Waals surface area contributed by atoms with E-state index in [9.17, 15) is 4.79 Å². The molecule has 4 heterocycles. The van der Waals surface area contributed by atoms with Crippen molar-refractivity contribution in [2.24, 2.45) is 0 Å². The van der Waals surface area contributed by atoms with Gasteiger partial charge in [0.05, 0.1) is 24.0 Å². The van der Waals surface area contributed by atoms with Gasteiger partial charge in [-0.25, -0.2) is 14.6 Å². The van der Waals surface area contributed by atoms with Gasteiger partial charge in [0, 0.05) is 30.8 Å². The minimum absolute atomic E-state index is 0.0538. The summed E-state index contributed by atoms with van der Waals surface area (Å²) in [6.07, 6.45) is 6.19. The summed E-state index contributed by atoms with van der Waals surface area (Å²) in [6.45, 7) is 2.98. The lowest BCUT2D eigenvalue weighted by Crippen LogP contribution is -2.34. The fourth-order valence-corrected chi connectivity index (χ4v) is 5.28. The van der Waals surface area contributed by atoms with Crippen LogP contribution >= 0.6 is 11.8 Å². The first-order valence-corrected chi connectivity index (χ1v) is 13.1. The van der Waals surface area contributed by atoms with Crippen LogP contribution in [-0.4, -0.2) is 51.5 Å². The van der Waals surface area contributed by atoms with Gasteiger partial charge in [-0.3, -0.25) is 4.79 Å². The number of ether oxygens (including phenoxy) is 1. The molecule has 2 aliphatic rings. The fraction of sp³-hybridized carbons (Fsp3) is 0.308. The number of benzene rings is 2. The second-order valence-corrected chi connectivity index (χ2v) is 9.51. The molecule has 0 radical (unpaired) electrons. The molecule has 35 heavy (non-hydrogen) atoms. The molecule has 9 heteroatoms. The average molecular weight is 487 g/mol. The molecule has 0 spiro atoms. The number of rotatable bonds is 6. The van der Waals surface area contributed by atoms with E-state index in [0.717, 1.165) is 57.7 Å². The zero-order chi connectivity index (χ0) is 23.8. The summed E-state index contributed by atoms with van der Waals surface area (Å²) in [4.78, 5) is 25.2. The van der Waals surface area contributed by atoms with Crippen molar-refractivity contribution in [1.82, 2.24) is 25.1 Å². The van der Waals surface area contributed by atoms with Crippen molar-refractivity contribution in [2.75, 3.05) is 30.8 Å². The molecule has 1 saturated heterocycles. The Morgan fingerprint density at radius 3 is 2.43 bits per heavy atom. The number of aromatic nitrogens is 4. The number of hydrogen-bond donors (Lipinski definition) is 1. The van der Waals surface area contributed by atoms with Crippen molar-refractivity contribution < 1.29 is 9.53 Å². The number of fused-ring (bicyclic) bond motifs is 3. The first-order chi connectivity index (χ1) is 17.2. The van der Waals surface area contributed by atoms with Gasteiger partial charge in [-0.05, 0) is 31.2 Å². The summed E-state index contributed by atoms with van der Waals surface area (Å²) in [5.74, 6) is 1.93. The first-order valence-electron chi connectivity index (χ1n) is 11.9. The minimum atomic E-state index is -0.419. The maximum absolute atomic E-state index is 13.4. The average Bonchev–Trinajstić information content (AvgIpc) is 3.57. The molecule has 4 aromatic rings. The van der Waals surface area contributed by atoms with Crippen LogP contribution in [0.3, 0.4) is 0 Å². The van der Waals surface area contributed by atoms with Crippen LogP contribution in [0.4, 0.5) is 5.82 Å². The molecule has 178 valence electrons. The second-order valence-electron chi connectivity index (χ2n) is 8.73. The molecular formula is C26H26N6O2S. The highest BCUT2D eigenvalue weighted by Crippen LogP contribution is 2.43. The Bertz CT molecular complexity index is 1350. The third-order valence-electron chi connectivity index (χ3n) is 6.61. The Hall–Kier alpha value is -3.59. The Labute approximate surface area is 207 Å². The van der Waals surface area contributed by atoms with E-state index in [0.29, 0.717) is 13.1 Å². The van der Waals surface area contributed by atoms with Gasteiger partial charge in [0.15, 0.2) is 10.8 Å². The molecule has 2 aliphatic heterocycles. The molecule has 0 saturated carbocycles. The van der Waals surface area contributed by atoms with Gasteiger partial charge in [0.1, 0.15) is 17.3 Å². The highest BCUT2D eigenvalue weighted by molar-refractivity contribution is 7.98. The Kier molecular flexibility index (Phi) is 5.77. The minimum Gasteiger partial charge on any atom is -0.457 e. The molecule has 0 unspecified atom stereocenters. The molecule has 2 aromatic heterocycles. The molecule has 6 rings (SSSR count). The quantitative estimate of drug-likeness (QED) is 0.323. The highest BCUT2D eigenvalue weighted by atomic mass is 32.2. The number of amides is 1. The molecule has 0 aliphatic carbocycles. The predicted molar refractivity (Wildman–Crippen MR) is 136 cm³/mol. The van der Waals surface area contributed by atoms with Gasteiger partial charge in [-0.15, -0.1) is 0 Å². The molecule has 1 fully saturated rings. The normalized spacial score (nSPS) is 15.1. The molecule has 2 aromatic carbocycles. The third-order valence-corrected chi connectivity index (χ3v) is 7.16. The van der Waals surface area contributed by atoms with Gasteiger partial charge >= 0.3 is 0 Å². The summed E-state index contributed by atoms with van der Waals surface area (Å²) < 4.78 is 7.89. The predicted octanol–water partition coefficient (Wildman–Crippen LogP) is 4.20. The maximum Gasteiger partial charge on any atom is 0.232 e. The van der Waals surface area contributed by atoms with Gasteiger partial charge in [-0.1, -0.05) is 48.2 Å². The van der Waals surface area contributed by atoms with Crippen LogP contribution in [0.2, 0.25) is 0 Å². The standard InChI is InChI=1S/C26H26N6O2S/c1-35-26-29-23(31-13-6-7-14-31)19-16-28-32(24(19)30-26)15-12-27-25(33)22-17-8-2-4-10-20(17)34-21-11-5-3-9-18(21)22/h2-5,8-11,16,22H,6-7,12-15H2,1H3,(H,27,33). The summed E-state index contributed by atoms with van der Waals surface area (Å²) in [5, 5.41) is 9.41. The van der Waals surface area contributed by atoms with Crippen LogP contribution in [0, 0.1) is 0 Å². The topological polar surface area (TPSA) is 85.2 Å². The van der Waals surface area contributed by atoms with Gasteiger partial charge in [0.2, 0.25) is 5.91 Å². The van der Waals surface area contributed by atoms with Crippen LogP contribution in [0.15, 0.2) is 59.9 Å². The summed E-state index contributed by atoms with van der Waals surface area (Å²) in [7, 11) is 0. The van der Waals surface area contributed by atoms with Crippen molar-refractivity contribution >= 4 is 34.5 Å². The van der Waals surface area contributed by atoms with E-state index in [1.165, 1.54) is 24.6 Å². The fourth-order valence-electron chi connectivity index (χ4n) is 4.93. The molecule has 1 N–H and O–H groups in total. The highest BCUT2D eigenvalue weighted by Gasteiger charge is 2.32. The van der Waals surface area contributed by atoms with E-state index in [2.05, 4.69) is 15.3 Å². The zero-order valence-corrected chi connectivity index (χ0v) is 20.3. The van der Waals surface area contributed by atoms with E-state index >= 15 is 0 Å². The first kappa shape index (κ1) is 21.9. The number of carbonyl (C=O) groups excluding carboxylic acids is 1. The Balaban J connectivity index is 1.23. The van der Waals surface area contributed by atoms with E-state index in [-0.39, 0.29) is 5.91 Å². The van der Waals surface area contributed by atoms with E-state index < -0.39 is 5.92 Å². The number of hydrogen-bond acceptors (Lipinski definition) is 7. The number of anilines is 1. The van der Waals surface area contributed by atoms with Crippen molar-refractivity contribution in [1.29, 1.82) is 0 Å². The zero-order valence-electron chi connectivity index (χ0n) is 19.5. The molecule has 8 nitrogen and oxygen atoms in total. The van der Waals surface area contributed by atoms with E-state index in [1.807, 2.05) is 65.7 Å². The lowest BCUT2D eigenvalue weighted by Gasteiger charge is -2.27. The van der Waals surface area contributed by atoms with Crippen LogP contribution in [0.25, 0.3) is 11.0 Å². The lowest BCUT2D eigenvalue weighted by molar-refractivity contribution is -0.121. The SMILES string of the molecule is CSc1nc(N2CCCC2)c2cnn(CCNC(=O)C3c4ccccc4Oc4ccccc43)c2n1. The molecule has 0 bridgehead atoms. The number of nitrogens with zero attached hydrogens (tertiary/aromatic N) is 5. The molecule has 0 atom stereocenters. The Morgan fingerprint density at radius 1 is 1.06 bits per heavy atom. The van der Waals surface area contributed by atoms with Gasteiger partial charge in [-0.2, -0.15) is 5.10 Å². The smallest absolute Gasteiger partial charge is 0.232 e.